The van der Waals surface area contributed by atoms with Gasteiger partial charge >= 0.3 is 0 Å². The van der Waals surface area contributed by atoms with Crippen LogP contribution in [-0.4, -0.2) is 20.8 Å². The number of sulfone groups is 1. The summed E-state index contributed by atoms with van der Waals surface area (Å²) in [5, 5.41) is 1.08. The number of hydrogen-bond acceptors (Lipinski definition) is 3. The third-order valence-corrected chi connectivity index (χ3v) is 2.11. The molecule has 8 heavy (non-hydrogen) atoms. The van der Waals surface area contributed by atoms with Gasteiger partial charge in [0.25, 0.3) is 0 Å². The van der Waals surface area contributed by atoms with Crippen LogP contribution in [0.4, 0.5) is 0 Å². The Balaban J connectivity index is 2.87. The first-order valence-electron chi connectivity index (χ1n) is 2.22. The fourth-order valence-electron chi connectivity index (χ4n) is 0.424. The Morgan fingerprint density at radius 3 is 2.50 bits per heavy atom. The van der Waals surface area contributed by atoms with Gasteiger partial charge in [0.05, 0.1) is 17.4 Å². The fourth-order valence-corrected chi connectivity index (χ4v) is 1.14. The molecular weight excluding hydrogens is 128 g/mol. The Morgan fingerprint density at radius 2 is 2.25 bits per heavy atom. The average Bonchev–Trinajstić information content (AvgIpc) is 1.65. The summed E-state index contributed by atoms with van der Waals surface area (Å²) in [6.45, 7) is 0.291. The van der Waals surface area contributed by atoms with Crippen molar-refractivity contribution in [2.75, 3.05) is 12.4 Å². The summed E-state index contributed by atoms with van der Waals surface area (Å²) in [7, 11) is -2.89. The molecule has 0 aliphatic carbocycles. The molecule has 0 aromatic heterocycles. The van der Waals surface area contributed by atoms with Crippen molar-refractivity contribution >= 4 is 9.84 Å². The van der Waals surface area contributed by atoms with Crippen LogP contribution in [0, 0.1) is 0 Å². The van der Waals surface area contributed by atoms with E-state index in [4.69, 9.17) is 0 Å². The molecular formula is C4H6O3S. The van der Waals surface area contributed by atoms with E-state index in [0.29, 0.717) is 6.61 Å². The molecule has 1 heterocycles. The largest absolute Gasteiger partial charge is 0.499 e. The van der Waals surface area contributed by atoms with Crippen molar-refractivity contribution in [2.45, 2.75) is 0 Å². The molecule has 46 valence electrons. The molecule has 0 saturated heterocycles. The lowest BCUT2D eigenvalue weighted by atomic mass is 10.8. The van der Waals surface area contributed by atoms with E-state index in [1.165, 1.54) is 6.26 Å². The Bertz CT molecular complexity index is 189. The van der Waals surface area contributed by atoms with E-state index in [1.807, 2.05) is 0 Å². The Morgan fingerprint density at radius 1 is 1.50 bits per heavy atom. The molecule has 0 N–H and O–H groups in total. The molecule has 0 amide bonds. The highest BCUT2D eigenvalue weighted by atomic mass is 32.2. The van der Waals surface area contributed by atoms with Gasteiger partial charge in [0.1, 0.15) is 6.61 Å². The maximum Gasteiger partial charge on any atom is 0.177 e. The zero-order chi connectivity index (χ0) is 6.04. The quantitative estimate of drug-likeness (QED) is 0.464. The van der Waals surface area contributed by atoms with Crippen LogP contribution in [0.25, 0.3) is 0 Å². The average molecular weight is 134 g/mol. The van der Waals surface area contributed by atoms with Gasteiger partial charge in [-0.3, -0.25) is 0 Å². The Hall–Kier alpha value is -0.510. The van der Waals surface area contributed by atoms with Gasteiger partial charge in [-0.25, -0.2) is 8.42 Å². The topological polar surface area (TPSA) is 43.4 Å². The lowest BCUT2D eigenvalue weighted by molar-refractivity contribution is 0.267. The van der Waals surface area contributed by atoms with E-state index in [-0.39, 0.29) is 5.75 Å². The lowest BCUT2D eigenvalue weighted by Crippen LogP contribution is -2.11. The molecule has 0 aromatic carbocycles. The van der Waals surface area contributed by atoms with Gasteiger partial charge in [-0.1, -0.05) is 0 Å². The van der Waals surface area contributed by atoms with Crippen molar-refractivity contribution in [1.29, 1.82) is 0 Å². The molecule has 4 heteroatoms. The maximum absolute atomic E-state index is 10.5. The summed E-state index contributed by atoms with van der Waals surface area (Å²) in [4.78, 5) is 0. The maximum atomic E-state index is 10.5. The van der Waals surface area contributed by atoms with Gasteiger partial charge in [-0.2, -0.15) is 0 Å². The fraction of sp³-hybridized carbons (Fsp3) is 0.500. The van der Waals surface area contributed by atoms with Crippen LogP contribution in [0.3, 0.4) is 0 Å². The van der Waals surface area contributed by atoms with E-state index in [0.717, 1.165) is 5.41 Å². The van der Waals surface area contributed by atoms with Crippen LogP contribution in [0.1, 0.15) is 0 Å². The Labute approximate surface area is 47.9 Å². The smallest absolute Gasteiger partial charge is 0.177 e. The molecule has 0 aromatic rings. The van der Waals surface area contributed by atoms with Crippen LogP contribution < -0.4 is 0 Å². The number of ether oxygens (including phenoxy) is 1. The summed E-state index contributed by atoms with van der Waals surface area (Å²) in [6.07, 6.45) is 1.21. The highest BCUT2D eigenvalue weighted by Gasteiger charge is 2.08. The highest BCUT2D eigenvalue weighted by molar-refractivity contribution is 7.94. The van der Waals surface area contributed by atoms with Crippen LogP contribution >= 0.6 is 0 Å². The molecule has 1 aliphatic heterocycles. The SMILES string of the molecule is O=S1(=O)C=COCC1. The summed E-state index contributed by atoms with van der Waals surface area (Å²) in [5.41, 5.74) is 0. The van der Waals surface area contributed by atoms with Crippen LogP contribution in [0.15, 0.2) is 11.7 Å². The van der Waals surface area contributed by atoms with Crippen LogP contribution in [0.2, 0.25) is 0 Å². The van der Waals surface area contributed by atoms with Gasteiger partial charge < -0.3 is 4.74 Å². The number of hydrogen-bond donors (Lipinski definition) is 0. The van der Waals surface area contributed by atoms with Crippen molar-refractivity contribution in [3.05, 3.63) is 11.7 Å². The first-order chi connectivity index (χ1) is 3.71. The third kappa shape index (κ3) is 1.23. The molecule has 1 aliphatic rings. The first-order valence-corrected chi connectivity index (χ1v) is 3.93. The van der Waals surface area contributed by atoms with Crippen LogP contribution in [0.5, 0.6) is 0 Å². The summed E-state index contributed by atoms with van der Waals surface area (Å²) < 4.78 is 25.6. The molecule has 0 spiro atoms. The molecule has 3 nitrogen and oxygen atoms in total. The van der Waals surface area contributed by atoms with Crippen LogP contribution in [-0.2, 0) is 14.6 Å². The highest BCUT2D eigenvalue weighted by Crippen LogP contribution is 1.98. The van der Waals surface area contributed by atoms with Gasteiger partial charge in [0.15, 0.2) is 9.84 Å². The second kappa shape index (κ2) is 1.78. The summed E-state index contributed by atoms with van der Waals surface area (Å²) in [5.74, 6) is 0.115. The van der Waals surface area contributed by atoms with E-state index in [9.17, 15) is 8.42 Å². The minimum atomic E-state index is -2.89. The molecule has 0 unspecified atom stereocenters. The van der Waals surface area contributed by atoms with E-state index in [2.05, 4.69) is 4.74 Å². The summed E-state index contributed by atoms with van der Waals surface area (Å²) >= 11 is 0. The normalized spacial score (nSPS) is 24.5. The van der Waals surface area contributed by atoms with E-state index in [1.54, 1.807) is 0 Å². The molecule has 0 bridgehead atoms. The molecule has 1 rings (SSSR count). The minimum absolute atomic E-state index is 0.115. The molecule has 0 radical (unpaired) electrons. The number of rotatable bonds is 0. The molecule has 0 fully saturated rings. The van der Waals surface area contributed by atoms with Gasteiger partial charge in [0, 0.05) is 0 Å². The molecule has 0 saturated carbocycles. The zero-order valence-corrected chi connectivity index (χ0v) is 5.02. The van der Waals surface area contributed by atoms with E-state index < -0.39 is 9.84 Å². The van der Waals surface area contributed by atoms with E-state index >= 15 is 0 Å². The van der Waals surface area contributed by atoms with Gasteiger partial charge in [-0.15, -0.1) is 0 Å². The van der Waals surface area contributed by atoms with Gasteiger partial charge in [-0.05, 0) is 0 Å². The molecule has 0 atom stereocenters. The monoisotopic (exact) mass is 134 g/mol. The van der Waals surface area contributed by atoms with Crippen molar-refractivity contribution in [3.8, 4) is 0 Å². The van der Waals surface area contributed by atoms with Crippen molar-refractivity contribution in [2.24, 2.45) is 0 Å². The lowest BCUT2D eigenvalue weighted by Gasteiger charge is -2.03. The van der Waals surface area contributed by atoms with Crippen molar-refractivity contribution in [3.63, 3.8) is 0 Å². The predicted octanol–water partition coefficient (Wildman–Crippen LogP) is -0.0974. The second-order valence-corrected chi connectivity index (χ2v) is 3.52. The van der Waals surface area contributed by atoms with Gasteiger partial charge in [0.2, 0.25) is 0 Å². The standard InChI is InChI=1S/C4H6O3S/c5-8(6)3-1-7-2-4-8/h1,3H,2,4H2. The predicted molar refractivity (Wildman–Crippen MR) is 28.9 cm³/mol. The van der Waals surface area contributed by atoms with Crippen molar-refractivity contribution < 1.29 is 13.2 Å². The summed E-state index contributed by atoms with van der Waals surface area (Å²) in [6, 6.07) is 0. The minimum Gasteiger partial charge on any atom is -0.499 e. The zero-order valence-electron chi connectivity index (χ0n) is 4.20. The second-order valence-electron chi connectivity index (χ2n) is 1.51. The Kier molecular flexibility index (Phi) is 1.25. The first kappa shape index (κ1) is 5.62. The third-order valence-electron chi connectivity index (χ3n) is 0.845. The van der Waals surface area contributed by atoms with Crippen molar-refractivity contribution in [1.82, 2.24) is 0 Å².